The Labute approximate surface area is 129 Å². The van der Waals surface area contributed by atoms with Crippen molar-refractivity contribution in [3.63, 3.8) is 0 Å². The molecule has 0 aliphatic heterocycles. The Hall–Kier alpha value is -1.63. The Kier molecular flexibility index (Phi) is 7.20. The maximum Gasteiger partial charge on any atom is 0.238 e. The molecule has 110 valence electrons. The summed E-state index contributed by atoms with van der Waals surface area (Å²) in [5.41, 5.74) is 7.79. The SMILES string of the molecule is Cc1cc(C)n(-c2ccc(NC(=O)CN)cn2)n1.Cl.Cl. The molecule has 20 heavy (non-hydrogen) atoms. The quantitative estimate of drug-likeness (QED) is 0.900. The molecular formula is C12H17Cl2N5O. The fourth-order valence-corrected chi connectivity index (χ4v) is 1.66. The molecule has 0 fully saturated rings. The van der Waals surface area contributed by atoms with Crippen molar-refractivity contribution in [3.8, 4) is 5.82 Å². The number of anilines is 1. The van der Waals surface area contributed by atoms with Gasteiger partial charge in [0.2, 0.25) is 5.91 Å². The molecule has 0 unspecified atom stereocenters. The smallest absolute Gasteiger partial charge is 0.238 e. The van der Waals surface area contributed by atoms with Gasteiger partial charge in [-0.25, -0.2) is 9.67 Å². The van der Waals surface area contributed by atoms with Crippen molar-refractivity contribution in [1.29, 1.82) is 0 Å². The van der Waals surface area contributed by atoms with Crippen molar-refractivity contribution in [2.24, 2.45) is 5.73 Å². The maximum atomic E-state index is 11.1. The van der Waals surface area contributed by atoms with Crippen LogP contribution in [0.1, 0.15) is 11.4 Å². The van der Waals surface area contributed by atoms with Crippen LogP contribution in [-0.2, 0) is 4.79 Å². The molecule has 2 rings (SSSR count). The molecule has 0 saturated carbocycles. The van der Waals surface area contributed by atoms with E-state index in [-0.39, 0.29) is 37.3 Å². The first-order valence-corrected chi connectivity index (χ1v) is 5.60. The van der Waals surface area contributed by atoms with Gasteiger partial charge in [-0.15, -0.1) is 24.8 Å². The van der Waals surface area contributed by atoms with Crippen molar-refractivity contribution in [1.82, 2.24) is 14.8 Å². The lowest BCUT2D eigenvalue weighted by molar-refractivity contribution is -0.114. The van der Waals surface area contributed by atoms with Gasteiger partial charge in [-0.2, -0.15) is 5.10 Å². The summed E-state index contributed by atoms with van der Waals surface area (Å²) in [6.07, 6.45) is 1.58. The lowest BCUT2D eigenvalue weighted by Crippen LogP contribution is -2.21. The van der Waals surface area contributed by atoms with Crippen LogP contribution >= 0.6 is 24.8 Å². The number of hydrogen-bond donors (Lipinski definition) is 2. The Morgan fingerprint density at radius 3 is 2.50 bits per heavy atom. The number of nitrogens with one attached hydrogen (secondary N) is 1. The predicted molar refractivity (Wildman–Crippen MR) is 83.0 cm³/mol. The molecule has 2 aromatic heterocycles. The van der Waals surface area contributed by atoms with E-state index in [1.165, 1.54) is 0 Å². The fourth-order valence-electron chi connectivity index (χ4n) is 1.66. The molecule has 0 saturated heterocycles. The molecule has 0 aliphatic carbocycles. The zero-order valence-corrected chi connectivity index (χ0v) is 12.8. The summed E-state index contributed by atoms with van der Waals surface area (Å²) in [5.74, 6) is 0.474. The molecule has 0 bridgehead atoms. The van der Waals surface area contributed by atoms with Crippen LogP contribution in [0.2, 0.25) is 0 Å². The zero-order chi connectivity index (χ0) is 13.1. The lowest BCUT2D eigenvalue weighted by atomic mass is 10.3. The summed E-state index contributed by atoms with van der Waals surface area (Å²) in [6, 6.07) is 5.55. The van der Waals surface area contributed by atoms with E-state index >= 15 is 0 Å². The molecule has 6 nitrogen and oxygen atoms in total. The molecule has 0 aliphatic rings. The third kappa shape index (κ3) is 4.19. The summed E-state index contributed by atoms with van der Waals surface area (Å²) in [4.78, 5) is 15.4. The average molecular weight is 318 g/mol. The van der Waals surface area contributed by atoms with Gasteiger partial charge in [-0.3, -0.25) is 4.79 Å². The third-order valence-corrected chi connectivity index (χ3v) is 2.44. The van der Waals surface area contributed by atoms with E-state index < -0.39 is 0 Å². The van der Waals surface area contributed by atoms with Crippen molar-refractivity contribution in [3.05, 3.63) is 35.8 Å². The number of carbonyl (C=O) groups excluding carboxylic acids is 1. The molecule has 2 heterocycles. The first-order chi connectivity index (χ1) is 8.60. The first-order valence-electron chi connectivity index (χ1n) is 5.60. The van der Waals surface area contributed by atoms with Gasteiger partial charge < -0.3 is 11.1 Å². The number of amides is 1. The highest BCUT2D eigenvalue weighted by molar-refractivity contribution is 5.91. The minimum absolute atomic E-state index is 0. The largest absolute Gasteiger partial charge is 0.324 e. The van der Waals surface area contributed by atoms with Gasteiger partial charge in [0, 0.05) is 5.69 Å². The highest BCUT2D eigenvalue weighted by Crippen LogP contribution is 2.12. The third-order valence-electron chi connectivity index (χ3n) is 2.44. The Morgan fingerprint density at radius 1 is 1.35 bits per heavy atom. The van der Waals surface area contributed by atoms with Gasteiger partial charge in [0.15, 0.2) is 5.82 Å². The Balaban J connectivity index is 0.00000180. The maximum absolute atomic E-state index is 11.1. The van der Waals surface area contributed by atoms with Crippen LogP contribution in [0.4, 0.5) is 5.69 Å². The molecular weight excluding hydrogens is 301 g/mol. The van der Waals surface area contributed by atoms with Crippen LogP contribution in [0.15, 0.2) is 24.4 Å². The number of aromatic nitrogens is 3. The molecule has 0 aromatic carbocycles. The average Bonchev–Trinajstić information content (AvgIpc) is 2.69. The van der Waals surface area contributed by atoms with Crippen molar-refractivity contribution < 1.29 is 4.79 Å². The van der Waals surface area contributed by atoms with Crippen LogP contribution in [0.3, 0.4) is 0 Å². The van der Waals surface area contributed by atoms with Crippen molar-refractivity contribution in [2.75, 3.05) is 11.9 Å². The van der Waals surface area contributed by atoms with Crippen molar-refractivity contribution in [2.45, 2.75) is 13.8 Å². The van der Waals surface area contributed by atoms with Gasteiger partial charge in [-0.1, -0.05) is 0 Å². The van der Waals surface area contributed by atoms with Gasteiger partial charge >= 0.3 is 0 Å². The zero-order valence-electron chi connectivity index (χ0n) is 11.2. The summed E-state index contributed by atoms with van der Waals surface area (Å²) in [5, 5.41) is 6.97. The first kappa shape index (κ1) is 18.4. The minimum atomic E-state index is -0.240. The molecule has 3 N–H and O–H groups in total. The second-order valence-electron chi connectivity index (χ2n) is 4.00. The summed E-state index contributed by atoms with van der Waals surface area (Å²) >= 11 is 0. The number of nitrogens with zero attached hydrogens (tertiary/aromatic N) is 3. The molecule has 2 aromatic rings. The number of aryl methyl sites for hydroxylation is 2. The standard InChI is InChI=1S/C12H15N5O.2ClH/c1-8-5-9(2)17(16-8)11-4-3-10(7-14-11)15-12(18)6-13;;/h3-5,7H,6,13H2,1-2H3,(H,15,18);2*1H. The van der Waals surface area contributed by atoms with Crippen LogP contribution in [0, 0.1) is 13.8 Å². The van der Waals surface area contributed by atoms with Gasteiger partial charge in [0.05, 0.1) is 24.1 Å². The van der Waals surface area contributed by atoms with E-state index in [1.807, 2.05) is 19.9 Å². The van der Waals surface area contributed by atoms with Crippen LogP contribution in [0.25, 0.3) is 5.82 Å². The molecule has 0 atom stereocenters. The summed E-state index contributed by atoms with van der Waals surface area (Å²) in [7, 11) is 0. The van der Waals surface area contributed by atoms with Crippen LogP contribution in [0.5, 0.6) is 0 Å². The van der Waals surface area contributed by atoms with Crippen LogP contribution in [-0.4, -0.2) is 27.2 Å². The van der Waals surface area contributed by atoms with Gasteiger partial charge in [0.25, 0.3) is 0 Å². The summed E-state index contributed by atoms with van der Waals surface area (Å²) < 4.78 is 1.75. The van der Waals surface area contributed by atoms with Gasteiger partial charge in [-0.05, 0) is 32.0 Å². The number of rotatable bonds is 3. The highest BCUT2D eigenvalue weighted by atomic mass is 35.5. The molecule has 0 radical (unpaired) electrons. The number of carbonyl (C=O) groups is 1. The number of nitrogens with two attached hydrogens (primary N) is 1. The topological polar surface area (TPSA) is 85.8 Å². The lowest BCUT2D eigenvalue weighted by Gasteiger charge is -2.06. The highest BCUT2D eigenvalue weighted by Gasteiger charge is 2.05. The molecule has 0 spiro atoms. The van der Waals surface area contributed by atoms with Crippen molar-refractivity contribution >= 4 is 36.4 Å². The number of hydrogen-bond acceptors (Lipinski definition) is 4. The van der Waals surface area contributed by atoms with E-state index in [4.69, 9.17) is 5.73 Å². The Bertz CT molecular complexity index is 568. The number of pyridine rings is 1. The number of halogens is 2. The van der Waals surface area contributed by atoms with E-state index in [9.17, 15) is 4.79 Å². The second-order valence-corrected chi connectivity index (χ2v) is 4.00. The van der Waals surface area contributed by atoms with E-state index in [1.54, 1.807) is 23.0 Å². The van der Waals surface area contributed by atoms with Crippen LogP contribution < -0.4 is 11.1 Å². The normalized spacial score (nSPS) is 9.35. The van der Waals surface area contributed by atoms with E-state index in [0.717, 1.165) is 11.4 Å². The Morgan fingerprint density at radius 2 is 2.05 bits per heavy atom. The monoisotopic (exact) mass is 317 g/mol. The second kappa shape index (κ2) is 7.84. The predicted octanol–water partition coefficient (Wildman–Crippen LogP) is 1.62. The molecule has 1 amide bonds. The minimum Gasteiger partial charge on any atom is -0.324 e. The van der Waals surface area contributed by atoms with E-state index in [2.05, 4.69) is 15.4 Å². The fraction of sp³-hybridized carbons (Fsp3) is 0.250. The summed E-state index contributed by atoms with van der Waals surface area (Å²) in [6.45, 7) is 3.85. The molecule has 8 heteroatoms. The van der Waals surface area contributed by atoms with E-state index in [0.29, 0.717) is 11.5 Å². The van der Waals surface area contributed by atoms with Gasteiger partial charge in [0.1, 0.15) is 0 Å².